The summed E-state index contributed by atoms with van der Waals surface area (Å²) in [5.41, 5.74) is 0.378. The van der Waals surface area contributed by atoms with Crippen molar-refractivity contribution in [1.29, 1.82) is 0 Å². The average molecular weight is 317 g/mol. The Balaban J connectivity index is 2.29. The lowest BCUT2D eigenvalue weighted by Crippen LogP contribution is -2.14. The van der Waals surface area contributed by atoms with E-state index in [4.69, 9.17) is 9.84 Å². The van der Waals surface area contributed by atoms with Crippen LogP contribution in [0.15, 0.2) is 42.5 Å². The van der Waals surface area contributed by atoms with Crippen molar-refractivity contribution in [2.45, 2.75) is 13.3 Å². The predicted octanol–water partition coefficient (Wildman–Crippen LogP) is 3.57. The molecule has 0 bridgehead atoms. The van der Waals surface area contributed by atoms with Gasteiger partial charge in [-0.25, -0.2) is 9.18 Å². The molecule has 0 unspecified atom stereocenters. The monoisotopic (exact) mass is 317 g/mol. The van der Waals surface area contributed by atoms with Gasteiger partial charge in [-0.05, 0) is 42.8 Å². The Morgan fingerprint density at radius 2 is 1.96 bits per heavy atom. The van der Waals surface area contributed by atoms with E-state index in [9.17, 15) is 14.0 Å². The Hall–Kier alpha value is -2.89. The zero-order chi connectivity index (χ0) is 16.8. The molecule has 0 aromatic heterocycles. The van der Waals surface area contributed by atoms with Crippen molar-refractivity contribution >= 4 is 17.6 Å². The fourth-order valence-corrected chi connectivity index (χ4v) is 1.92. The predicted molar refractivity (Wildman–Crippen MR) is 83.5 cm³/mol. The Bertz CT molecular complexity index is 730. The number of nitrogens with one attached hydrogen (secondary N) is 1. The molecule has 0 aliphatic carbocycles. The van der Waals surface area contributed by atoms with Gasteiger partial charge in [0.25, 0.3) is 5.91 Å². The molecule has 0 fully saturated rings. The second-order valence-corrected chi connectivity index (χ2v) is 4.83. The number of carboxylic acids is 1. The molecule has 120 valence electrons. The molecule has 1 amide bonds. The van der Waals surface area contributed by atoms with Crippen molar-refractivity contribution in [2.24, 2.45) is 0 Å². The molecule has 0 aliphatic rings. The zero-order valence-corrected chi connectivity index (χ0v) is 12.5. The Labute approximate surface area is 132 Å². The van der Waals surface area contributed by atoms with Crippen molar-refractivity contribution in [3.63, 3.8) is 0 Å². The largest absolute Gasteiger partial charge is 0.491 e. The van der Waals surface area contributed by atoms with E-state index in [-0.39, 0.29) is 16.8 Å². The van der Waals surface area contributed by atoms with Gasteiger partial charge in [0.2, 0.25) is 0 Å². The van der Waals surface area contributed by atoms with Crippen LogP contribution < -0.4 is 10.1 Å². The minimum atomic E-state index is -1.12. The van der Waals surface area contributed by atoms with E-state index in [0.717, 1.165) is 12.5 Å². The SMILES string of the molecule is CCCOc1ccc(C(=O)O)cc1NC(=O)c1cccc(F)c1. The lowest BCUT2D eigenvalue weighted by atomic mass is 10.1. The first-order chi connectivity index (χ1) is 11.0. The van der Waals surface area contributed by atoms with E-state index in [0.29, 0.717) is 12.4 Å². The van der Waals surface area contributed by atoms with Crippen molar-refractivity contribution in [3.05, 3.63) is 59.4 Å². The van der Waals surface area contributed by atoms with Crippen LogP contribution in [0.4, 0.5) is 10.1 Å². The highest BCUT2D eigenvalue weighted by atomic mass is 19.1. The lowest BCUT2D eigenvalue weighted by Gasteiger charge is -2.13. The van der Waals surface area contributed by atoms with E-state index in [1.807, 2.05) is 6.92 Å². The van der Waals surface area contributed by atoms with Crippen molar-refractivity contribution in [3.8, 4) is 5.75 Å². The highest BCUT2D eigenvalue weighted by Crippen LogP contribution is 2.27. The molecule has 2 aromatic carbocycles. The van der Waals surface area contributed by atoms with Crippen LogP contribution in [0.25, 0.3) is 0 Å². The summed E-state index contributed by atoms with van der Waals surface area (Å²) in [5.74, 6) is -1.83. The molecule has 2 N–H and O–H groups in total. The van der Waals surface area contributed by atoms with Crippen LogP contribution in [0.1, 0.15) is 34.1 Å². The number of ether oxygens (including phenoxy) is 1. The van der Waals surface area contributed by atoms with Crippen molar-refractivity contribution in [2.75, 3.05) is 11.9 Å². The third-order valence-electron chi connectivity index (χ3n) is 3.02. The number of halogens is 1. The quantitative estimate of drug-likeness (QED) is 0.854. The number of carbonyl (C=O) groups excluding carboxylic acids is 1. The fraction of sp³-hybridized carbons (Fsp3) is 0.176. The van der Waals surface area contributed by atoms with E-state index in [1.54, 1.807) is 0 Å². The third-order valence-corrected chi connectivity index (χ3v) is 3.02. The molecule has 6 heteroatoms. The highest BCUT2D eigenvalue weighted by molar-refractivity contribution is 6.05. The van der Waals surface area contributed by atoms with Crippen LogP contribution in [-0.4, -0.2) is 23.6 Å². The molecule has 0 saturated carbocycles. The number of anilines is 1. The molecule has 2 aromatic rings. The van der Waals surface area contributed by atoms with Gasteiger partial charge in [0, 0.05) is 5.56 Å². The van der Waals surface area contributed by atoms with Crippen LogP contribution in [0.2, 0.25) is 0 Å². The summed E-state index contributed by atoms with van der Waals surface area (Å²) >= 11 is 0. The minimum absolute atomic E-state index is 0.0170. The molecule has 23 heavy (non-hydrogen) atoms. The number of carboxylic acid groups (broad SMARTS) is 1. The molecule has 0 spiro atoms. The first-order valence-corrected chi connectivity index (χ1v) is 7.08. The van der Waals surface area contributed by atoms with Gasteiger partial charge in [0.05, 0.1) is 17.9 Å². The van der Waals surface area contributed by atoms with E-state index < -0.39 is 17.7 Å². The van der Waals surface area contributed by atoms with Gasteiger partial charge in [-0.1, -0.05) is 13.0 Å². The maximum absolute atomic E-state index is 13.2. The van der Waals surface area contributed by atoms with Crippen molar-refractivity contribution < 1.29 is 23.8 Å². The fourth-order valence-electron chi connectivity index (χ4n) is 1.92. The standard InChI is InChI=1S/C17H16FNO4/c1-2-8-23-15-7-6-12(17(21)22)10-14(15)19-16(20)11-4-3-5-13(18)9-11/h3-7,9-10H,2,8H2,1H3,(H,19,20)(H,21,22). The molecular weight excluding hydrogens is 301 g/mol. The lowest BCUT2D eigenvalue weighted by molar-refractivity contribution is 0.0696. The summed E-state index contributed by atoms with van der Waals surface area (Å²) in [4.78, 5) is 23.3. The van der Waals surface area contributed by atoms with Crippen LogP contribution >= 0.6 is 0 Å². The van der Waals surface area contributed by atoms with Gasteiger partial charge in [-0.15, -0.1) is 0 Å². The second-order valence-electron chi connectivity index (χ2n) is 4.83. The topological polar surface area (TPSA) is 75.6 Å². The summed E-state index contributed by atoms with van der Waals surface area (Å²) in [5, 5.41) is 11.6. The normalized spacial score (nSPS) is 10.2. The third kappa shape index (κ3) is 4.29. The van der Waals surface area contributed by atoms with Crippen LogP contribution in [0.5, 0.6) is 5.75 Å². The zero-order valence-electron chi connectivity index (χ0n) is 12.5. The highest BCUT2D eigenvalue weighted by Gasteiger charge is 2.13. The van der Waals surface area contributed by atoms with Gasteiger partial charge in [0.1, 0.15) is 11.6 Å². The smallest absolute Gasteiger partial charge is 0.335 e. The van der Waals surface area contributed by atoms with Gasteiger partial charge in [0.15, 0.2) is 0 Å². The van der Waals surface area contributed by atoms with E-state index in [2.05, 4.69) is 5.32 Å². The van der Waals surface area contributed by atoms with Gasteiger partial charge in [-0.3, -0.25) is 4.79 Å². The van der Waals surface area contributed by atoms with Gasteiger partial charge in [-0.2, -0.15) is 0 Å². The Morgan fingerprint density at radius 1 is 1.17 bits per heavy atom. The molecule has 5 nitrogen and oxygen atoms in total. The minimum Gasteiger partial charge on any atom is -0.491 e. The summed E-state index contributed by atoms with van der Waals surface area (Å²) in [6, 6.07) is 9.41. The second kappa shape index (κ2) is 7.40. The summed E-state index contributed by atoms with van der Waals surface area (Å²) < 4.78 is 18.7. The van der Waals surface area contributed by atoms with E-state index >= 15 is 0 Å². The first kappa shape index (κ1) is 16.5. The van der Waals surface area contributed by atoms with Crippen LogP contribution in [0.3, 0.4) is 0 Å². The number of hydrogen-bond donors (Lipinski definition) is 2. The van der Waals surface area contributed by atoms with Gasteiger partial charge < -0.3 is 15.2 Å². The first-order valence-electron chi connectivity index (χ1n) is 7.08. The van der Waals surface area contributed by atoms with Gasteiger partial charge >= 0.3 is 5.97 Å². The Kier molecular flexibility index (Phi) is 5.30. The molecule has 0 heterocycles. The molecule has 0 atom stereocenters. The summed E-state index contributed by atoms with van der Waals surface area (Å²) in [7, 11) is 0. The number of carbonyl (C=O) groups is 2. The summed E-state index contributed by atoms with van der Waals surface area (Å²) in [6.07, 6.45) is 0.762. The maximum atomic E-state index is 13.2. The molecular formula is C17H16FNO4. The molecule has 2 rings (SSSR count). The molecule has 0 aliphatic heterocycles. The maximum Gasteiger partial charge on any atom is 0.335 e. The Morgan fingerprint density at radius 3 is 2.61 bits per heavy atom. The number of rotatable bonds is 6. The number of aromatic carboxylic acids is 1. The number of hydrogen-bond acceptors (Lipinski definition) is 3. The molecule has 0 saturated heterocycles. The molecule has 0 radical (unpaired) electrons. The average Bonchev–Trinajstić information content (AvgIpc) is 2.53. The van der Waals surface area contributed by atoms with Crippen molar-refractivity contribution in [1.82, 2.24) is 0 Å². The summed E-state index contributed by atoms with van der Waals surface area (Å²) in [6.45, 7) is 2.35. The van der Waals surface area contributed by atoms with Crippen LogP contribution in [-0.2, 0) is 0 Å². The van der Waals surface area contributed by atoms with E-state index in [1.165, 1.54) is 36.4 Å². The number of amides is 1. The van der Waals surface area contributed by atoms with Crippen LogP contribution in [0, 0.1) is 5.82 Å². The number of benzene rings is 2.